The Kier molecular flexibility index (Phi) is 3.05. The zero-order valence-corrected chi connectivity index (χ0v) is 9.75. The monoisotopic (exact) mass is 270 g/mol. The Labute approximate surface area is 105 Å². The number of hydrogen-bond acceptors (Lipinski definition) is 2. The molecule has 1 aromatic carbocycles. The minimum atomic E-state index is -4.40. The van der Waals surface area contributed by atoms with E-state index in [-0.39, 0.29) is 5.69 Å². The largest absolute Gasteiger partial charge is 0.477 e. The molecule has 0 aliphatic rings. The maximum atomic E-state index is 12.5. The molecule has 19 heavy (non-hydrogen) atoms. The summed E-state index contributed by atoms with van der Waals surface area (Å²) >= 11 is 0. The van der Waals surface area contributed by atoms with Gasteiger partial charge in [0.05, 0.1) is 11.3 Å². The molecule has 4 nitrogen and oxygen atoms in total. The first-order chi connectivity index (χ1) is 8.79. The molecule has 0 atom stereocenters. The number of aromatic nitrogens is 2. The minimum absolute atomic E-state index is 0.116. The van der Waals surface area contributed by atoms with Gasteiger partial charge in [-0.15, -0.1) is 0 Å². The summed E-state index contributed by atoms with van der Waals surface area (Å²) in [5, 5.41) is 14.8. The predicted octanol–water partition coefficient (Wildman–Crippen LogP) is 3.10. The lowest BCUT2D eigenvalue weighted by Gasteiger charge is -2.09. The van der Waals surface area contributed by atoms with Crippen molar-refractivity contribution in [2.75, 3.05) is 0 Å². The van der Waals surface area contributed by atoms with Gasteiger partial charge in [0.2, 0.25) is 0 Å². The van der Waals surface area contributed by atoms with Crippen LogP contribution >= 0.6 is 0 Å². The number of aromatic carboxylic acids is 1. The van der Waals surface area contributed by atoms with Crippen molar-refractivity contribution < 1.29 is 23.1 Å². The molecular weight excluding hydrogens is 261 g/mol. The maximum absolute atomic E-state index is 12.5. The van der Waals surface area contributed by atoms with Crippen molar-refractivity contribution in [1.82, 2.24) is 10.2 Å². The molecule has 0 radical (unpaired) electrons. The van der Waals surface area contributed by atoms with E-state index in [1.807, 2.05) is 0 Å². The third-order valence-corrected chi connectivity index (χ3v) is 2.64. The number of carboxylic acids is 1. The van der Waals surface area contributed by atoms with Crippen LogP contribution in [0.5, 0.6) is 0 Å². The highest BCUT2D eigenvalue weighted by molar-refractivity contribution is 5.87. The van der Waals surface area contributed by atoms with Crippen molar-refractivity contribution in [1.29, 1.82) is 0 Å². The van der Waals surface area contributed by atoms with E-state index in [9.17, 15) is 18.0 Å². The summed E-state index contributed by atoms with van der Waals surface area (Å²) in [5.74, 6) is -1.18. The molecule has 1 heterocycles. The van der Waals surface area contributed by atoms with Crippen LogP contribution in [0.15, 0.2) is 24.3 Å². The molecule has 0 unspecified atom stereocenters. The Bertz CT molecular complexity index is 632. The average molecular weight is 270 g/mol. The molecule has 1 aromatic heterocycles. The second kappa shape index (κ2) is 4.42. The van der Waals surface area contributed by atoms with Crippen molar-refractivity contribution >= 4 is 5.97 Å². The number of benzene rings is 1. The van der Waals surface area contributed by atoms with E-state index in [0.717, 1.165) is 12.1 Å². The summed E-state index contributed by atoms with van der Waals surface area (Å²) in [6, 6.07) is 4.50. The standard InChI is InChI=1S/C12H9F3N2O2/c1-6-4-7(12(13,14)15)2-3-8(6)9-5-10(11(18)19)17-16-9/h2-5H,1H3,(H,16,17)(H,18,19). The van der Waals surface area contributed by atoms with Gasteiger partial charge in [0.1, 0.15) is 5.69 Å². The third kappa shape index (κ3) is 2.59. The quantitative estimate of drug-likeness (QED) is 0.881. The molecule has 2 aromatic rings. The van der Waals surface area contributed by atoms with Gasteiger partial charge in [0, 0.05) is 5.56 Å². The fraction of sp³-hybridized carbons (Fsp3) is 0.167. The molecule has 0 amide bonds. The Hall–Kier alpha value is -2.31. The molecule has 0 aliphatic heterocycles. The number of aryl methyl sites for hydroxylation is 1. The first kappa shape index (κ1) is 13.1. The number of nitrogens with one attached hydrogen (secondary N) is 1. The van der Waals surface area contributed by atoms with Crippen LogP contribution in [0.2, 0.25) is 0 Å². The van der Waals surface area contributed by atoms with E-state index in [0.29, 0.717) is 16.8 Å². The van der Waals surface area contributed by atoms with Gasteiger partial charge in [-0.1, -0.05) is 6.07 Å². The zero-order chi connectivity index (χ0) is 14.2. The van der Waals surface area contributed by atoms with Crippen molar-refractivity contribution in [2.45, 2.75) is 13.1 Å². The van der Waals surface area contributed by atoms with E-state index in [2.05, 4.69) is 10.2 Å². The van der Waals surface area contributed by atoms with E-state index in [4.69, 9.17) is 5.11 Å². The SMILES string of the molecule is Cc1cc(C(F)(F)F)ccc1-c1cc(C(=O)O)[nH]n1. The first-order valence-electron chi connectivity index (χ1n) is 5.26. The summed E-state index contributed by atoms with van der Waals surface area (Å²) in [6.45, 7) is 1.51. The van der Waals surface area contributed by atoms with Gasteiger partial charge in [0.15, 0.2) is 0 Å². The summed E-state index contributed by atoms with van der Waals surface area (Å²) in [5.41, 5.74) is 0.260. The Morgan fingerprint density at radius 1 is 1.32 bits per heavy atom. The average Bonchev–Trinajstić information content (AvgIpc) is 2.76. The normalized spacial score (nSPS) is 11.6. The maximum Gasteiger partial charge on any atom is 0.416 e. The fourth-order valence-electron chi connectivity index (χ4n) is 1.70. The molecular formula is C12H9F3N2O2. The van der Waals surface area contributed by atoms with Gasteiger partial charge in [0.25, 0.3) is 0 Å². The van der Waals surface area contributed by atoms with Crippen molar-refractivity contribution in [3.8, 4) is 11.3 Å². The highest BCUT2D eigenvalue weighted by Gasteiger charge is 2.30. The second-order valence-corrected chi connectivity index (χ2v) is 4.00. The molecule has 0 saturated heterocycles. The summed E-state index contributed by atoms with van der Waals surface area (Å²) in [7, 11) is 0. The molecule has 2 rings (SSSR count). The van der Waals surface area contributed by atoms with Crippen molar-refractivity contribution in [3.63, 3.8) is 0 Å². The van der Waals surface area contributed by atoms with Crippen LogP contribution in [0.25, 0.3) is 11.3 Å². The van der Waals surface area contributed by atoms with E-state index in [1.54, 1.807) is 0 Å². The molecule has 100 valence electrons. The van der Waals surface area contributed by atoms with E-state index >= 15 is 0 Å². The van der Waals surface area contributed by atoms with Crippen LogP contribution in [-0.2, 0) is 6.18 Å². The number of hydrogen-bond donors (Lipinski definition) is 2. The topological polar surface area (TPSA) is 66.0 Å². The van der Waals surface area contributed by atoms with Crippen LogP contribution < -0.4 is 0 Å². The van der Waals surface area contributed by atoms with Crippen LogP contribution in [0.3, 0.4) is 0 Å². The molecule has 2 N–H and O–H groups in total. The minimum Gasteiger partial charge on any atom is -0.477 e. The van der Waals surface area contributed by atoms with E-state index in [1.165, 1.54) is 19.1 Å². The molecule has 7 heteroatoms. The van der Waals surface area contributed by atoms with Crippen LogP contribution in [0.1, 0.15) is 21.6 Å². The summed E-state index contributed by atoms with van der Waals surface area (Å²) in [4.78, 5) is 10.7. The Morgan fingerprint density at radius 3 is 2.47 bits per heavy atom. The number of halogens is 3. The number of carboxylic acid groups (broad SMARTS) is 1. The highest BCUT2D eigenvalue weighted by Crippen LogP contribution is 2.32. The molecule has 0 aliphatic carbocycles. The van der Waals surface area contributed by atoms with Crippen LogP contribution in [0.4, 0.5) is 13.2 Å². The van der Waals surface area contributed by atoms with Crippen molar-refractivity contribution in [3.05, 3.63) is 41.1 Å². The lowest BCUT2D eigenvalue weighted by atomic mass is 10.0. The van der Waals surface area contributed by atoms with Gasteiger partial charge in [-0.05, 0) is 30.7 Å². The summed E-state index contributed by atoms with van der Waals surface area (Å²) < 4.78 is 37.5. The number of aromatic amines is 1. The Morgan fingerprint density at radius 2 is 2.00 bits per heavy atom. The number of carbonyl (C=O) groups is 1. The number of rotatable bonds is 2. The molecule has 0 fully saturated rings. The van der Waals surface area contributed by atoms with Gasteiger partial charge in [-0.25, -0.2) is 4.79 Å². The van der Waals surface area contributed by atoms with Gasteiger partial charge in [-0.2, -0.15) is 18.3 Å². The third-order valence-electron chi connectivity index (χ3n) is 2.64. The molecule has 0 saturated carbocycles. The van der Waals surface area contributed by atoms with Crippen molar-refractivity contribution in [2.24, 2.45) is 0 Å². The number of H-pyrrole nitrogens is 1. The molecule has 0 bridgehead atoms. The smallest absolute Gasteiger partial charge is 0.416 e. The van der Waals surface area contributed by atoms with E-state index < -0.39 is 17.7 Å². The van der Waals surface area contributed by atoms with Crippen LogP contribution in [0, 0.1) is 6.92 Å². The number of nitrogens with zero attached hydrogens (tertiary/aromatic N) is 1. The first-order valence-corrected chi connectivity index (χ1v) is 5.26. The van der Waals surface area contributed by atoms with Crippen LogP contribution in [-0.4, -0.2) is 21.3 Å². The van der Waals surface area contributed by atoms with Gasteiger partial charge >= 0.3 is 12.1 Å². The fourth-order valence-corrected chi connectivity index (χ4v) is 1.70. The lowest BCUT2D eigenvalue weighted by Crippen LogP contribution is -2.05. The highest BCUT2D eigenvalue weighted by atomic mass is 19.4. The second-order valence-electron chi connectivity index (χ2n) is 4.00. The summed E-state index contributed by atoms with van der Waals surface area (Å²) in [6.07, 6.45) is -4.40. The number of alkyl halides is 3. The van der Waals surface area contributed by atoms with Gasteiger partial charge in [-0.3, -0.25) is 5.10 Å². The Balaban J connectivity index is 2.43. The van der Waals surface area contributed by atoms with Gasteiger partial charge < -0.3 is 5.11 Å². The lowest BCUT2D eigenvalue weighted by molar-refractivity contribution is -0.137. The molecule has 0 spiro atoms. The predicted molar refractivity (Wildman–Crippen MR) is 60.7 cm³/mol. The zero-order valence-electron chi connectivity index (χ0n) is 9.75.